The van der Waals surface area contributed by atoms with Gasteiger partial charge in [-0.3, -0.25) is 0 Å². The van der Waals surface area contributed by atoms with Crippen LogP contribution in [0.1, 0.15) is 36.4 Å². The van der Waals surface area contributed by atoms with Crippen LogP contribution in [0.5, 0.6) is 0 Å². The van der Waals surface area contributed by atoms with E-state index in [0.717, 1.165) is 12.8 Å². The first-order chi connectivity index (χ1) is 8.31. The average molecular weight is 235 g/mol. The third-order valence-corrected chi connectivity index (χ3v) is 3.43. The SMILES string of the molecule is OCC(O)CNC1CCCCc2ccccc21. The molecule has 1 aromatic carbocycles. The molecule has 0 spiro atoms. The molecule has 0 saturated heterocycles. The fourth-order valence-electron chi connectivity index (χ4n) is 2.48. The highest BCUT2D eigenvalue weighted by Gasteiger charge is 2.18. The molecular weight excluding hydrogens is 214 g/mol. The zero-order valence-corrected chi connectivity index (χ0v) is 10.1. The van der Waals surface area contributed by atoms with Crippen molar-refractivity contribution >= 4 is 0 Å². The first-order valence-electron chi connectivity index (χ1n) is 6.41. The van der Waals surface area contributed by atoms with Crippen molar-refractivity contribution in [2.45, 2.75) is 37.8 Å². The molecule has 17 heavy (non-hydrogen) atoms. The lowest BCUT2D eigenvalue weighted by molar-refractivity contribution is 0.0915. The van der Waals surface area contributed by atoms with E-state index in [2.05, 4.69) is 29.6 Å². The predicted octanol–water partition coefficient (Wildman–Crippen LogP) is 1.40. The number of benzene rings is 1. The second kappa shape index (κ2) is 6.15. The quantitative estimate of drug-likeness (QED) is 0.691. The molecule has 94 valence electrons. The number of aliphatic hydroxyl groups excluding tert-OH is 2. The standard InChI is InChI=1S/C14H21NO2/c16-10-12(17)9-15-14-8-4-2-6-11-5-1-3-7-13(11)14/h1,3,5,7,12,14-17H,2,4,6,8-10H2. The Morgan fingerprint density at radius 1 is 1.29 bits per heavy atom. The Morgan fingerprint density at radius 3 is 2.94 bits per heavy atom. The maximum Gasteiger partial charge on any atom is 0.0895 e. The van der Waals surface area contributed by atoms with Gasteiger partial charge >= 0.3 is 0 Å². The van der Waals surface area contributed by atoms with Gasteiger partial charge in [0.1, 0.15) is 0 Å². The van der Waals surface area contributed by atoms with Crippen LogP contribution in [0.3, 0.4) is 0 Å². The van der Waals surface area contributed by atoms with Crippen LogP contribution in [-0.4, -0.2) is 29.5 Å². The molecule has 3 nitrogen and oxygen atoms in total. The van der Waals surface area contributed by atoms with Gasteiger partial charge in [-0.05, 0) is 30.4 Å². The Hall–Kier alpha value is -0.900. The van der Waals surface area contributed by atoms with Crippen molar-refractivity contribution in [1.29, 1.82) is 0 Å². The summed E-state index contributed by atoms with van der Waals surface area (Å²) in [5, 5.41) is 21.6. The zero-order valence-electron chi connectivity index (χ0n) is 10.1. The van der Waals surface area contributed by atoms with Gasteiger partial charge in [0.2, 0.25) is 0 Å². The van der Waals surface area contributed by atoms with Crippen LogP contribution in [-0.2, 0) is 6.42 Å². The van der Waals surface area contributed by atoms with Crippen molar-refractivity contribution in [3.8, 4) is 0 Å². The van der Waals surface area contributed by atoms with Gasteiger partial charge in [-0.15, -0.1) is 0 Å². The molecule has 0 fully saturated rings. The van der Waals surface area contributed by atoms with E-state index in [0.29, 0.717) is 12.6 Å². The van der Waals surface area contributed by atoms with Crippen LogP contribution >= 0.6 is 0 Å². The molecule has 0 aromatic heterocycles. The lowest BCUT2D eigenvalue weighted by Gasteiger charge is -2.20. The third-order valence-electron chi connectivity index (χ3n) is 3.43. The third kappa shape index (κ3) is 3.28. The molecule has 2 rings (SSSR count). The molecule has 1 aliphatic rings. The van der Waals surface area contributed by atoms with Gasteiger partial charge in [-0.25, -0.2) is 0 Å². The number of nitrogens with one attached hydrogen (secondary N) is 1. The van der Waals surface area contributed by atoms with Gasteiger partial charge in [0.05, 0.1) is 12.7 Å². The number of aliphatic hydroxyl groups is 2. The van der Waals surface area contributed by atoms with Crippen molar-refractivity contribution in [2.24, 2.45) is 0 Å². The molecule has 2 unspecified atom stereocenters. The first-order valence-corrected chi connectivity index (χ1v) is 6.41. The Kier molecular flexibility index (Phi) is 4.54. The van der Waals surface area contributed by atoms with E-state index in [1.807, 2.05) is 0 Å². The van der Waals surface area contributed by atoms with E-state index < -0.39 is 6.10 Å². The number of aryl methyl sites for hydroxylation is 1. The van der Waals surface area contributed by atoms with Crippen LogP contribution in [0.4, 0.5) is 0 Å². The highest BCUT2D eigenvalue weighted by molar-refractivity contribution is 5.31. The molecule has 3 heteroatoms. The summed E-state index contributed by atoms with van der Waals surface area (Å²) in [6, 6.07) is 8.84. The molecular formula is C14H21NO2. The van der Waals surface area contributed by atoms with Crippen molar-refractivity contribution in [2.75, 3.05) is 13.2 Å². The fraction of sp³-hybridized carbons (Fsp3) is 0.571. The van der Waals surface area contributed by atoms with E-state index in [1.54, 1.807) is 0 Å². The number of hydrogen-bond donors (Lipinski definition) is 3. The summed E-state index contributed by atoms with van der Waals surface area (Å²) in [6.07, 6.45) is 4.04. The van der Waals surface area contributed by atoms with E-state index >= 15 is 0 Å². The highest BCUT2D eigenvalue weighted by atomic mass is 16.3. The van der Waals surface area contributed by atoms with Gasteiger partial charge in [0, 0.05) is 12.6 Å². The molecule has 3 N–H and O–H groups in total. The summed E-state index contributed by atoms with van der Waals surface area (Å²) in [5.41, 5.74) is 2.77. The van der Waals surface area contributed by atoms with Crippen molar-refractivity contribution < 1.29 is 10.2 Å². The molecule has 0 bridgehead atoms. The number of fused-ring (bicyclic) bond motifs is 1. The summed E-state index contributed by atoms with van der Waals surface area (Å²) in [7, 11) is 0. The molecule has 0 radical (unpaired) electrons. The molecule has 0 aliphatic heterocycles. The van der Waals surface area contributed by atoms with Crippen LogP contribution in [0, 0.1) is 0 Å². The van der Waals surface area contributed by atoms with E-state index in [4.69, 9.17) is 5.11 Å². The van der Waals surface area contributed by atoms with Crippen LogP contribution in [0.15, 0.2) is 24.3 Å². The lowest BCUT2D eigenvalue weighted by atomic mass is 9.99. The Balaban J connectivity index is 2.06. The zero-order chi connectivity index (χ0) is 12.1. The van der Waals surface area contributed by atoms with E-state index in [-0.39, 0.29) is 6.61 Å². The minimum absolute atomic E-state index is 0.179. The molecule has 0 heterocycles. The highest BCUT2D eigenvalue weighted by Crippen LogP contribution is 2.28. The maximum atomic E-state index is 9.39. The second-order valence-corrected chi connectivity index (χ2v) is 4.74. The minimum Gasteiger partial charge on any atom is -0.394 e. The summed E-state index contributed by atoms with van der Waals surface area (Å²) < 4.78 is 0. The smallest absolute Gasteiger partial charge is 0.0895 e. The van der Waals surface area contributed by atoms with Crippen LogP contribution < -0.4 is 5.32 Å². The molecule has 1 aliphatic carbocycles. The Labute approximate surface area is 102 Å². The van der Waals surface area contributed by atoms with Gasteiger partial charge in [0.15, 0.2) is 0 Å². The Morgan fingerprint density at radius 2 is 2.12 bits per heavy atom. The monoisotopic (exact) mass is 235 g/mol. The topological polar surface area (TPSA) is 52.5 Å². The van der Waals surface area contributed by atoms with Crippen molar-refractivity contribution in [3.63, 3.8) is 0 Å². The molecule has 0 saturated carbocycles. The predicted molar refractivity (Wildman–Crippen MR) is 67.8 cm³/mol. The Bertz CT molecular complexity index is 354. The van der Waals surface area contributed by atoms with E-state index in [1.165, 1.54) is 24.0 Å². The van der Waals surface area contributed by atoms with Crippen molar-refractivity contribution in [3.05, 3.63) is 35.4 Å². The molecule has 1 aromatic rings. The molecule has 0 amide bonds. The number of hydrogen-bond acceptors (Lipinski definition) is 3. The van der Waals surface area contributed by atoms with Gasteiger partial charge < -0.3 is 15.5 Å². The molecule has 2 atom stereocenters. The minimum atomic E-state index is -0.662. The largest absolute Gasteiger partial charge is 0.394 e. The fourth-order valence-corrected chi connectivity index (χ4v) is 2.48. The average Bonchev–Trinajstić information content (AvgIpc) is 2.58. The second-order valence-electron chi connectivity index (χ2n) is 4.74. The summed E-state index contributed by atoms with van der Waals surface area (Å²) >= 11 is 0. The normalized spacial score (nSPS) is 21.6. The van der Waals surface area contributed by atoms with Gasteiger partial charge in [-0.1, -0.05) is 30.7 Å². The number of rotatable bonds is 4. The summed E-state index contributed by atoms with van der Waals surface area (Å²) in [5.74, 6) is 0. The van der Waals surface area contributed by atoms with Gasteiger partial charge in [0.25, 0.3) is 0 Å². The maximum absolute atomic E-state index is 9.39. The lowest BCUT2D eigenvalue weighted by Crippen LogP contribution is -2.32. The van der Waals surface area contributed by atoms with Crippen LogP contribution in [0.25, 0.3) is 0 Å². The van der Waals surface area contributed by atoms with E-state index in [9.17, 15) is 5.11 Å². The van der Waals surface area contributed by atoms with Crippen molar-refractivity contribution in [1.82, 2.24) is 5.32 Å². The van der Waals surface area contributed by atoms with Crippen LogP contribution in [0.2, 0.25) is 0 Å². The van der Waals surface area contributed by atoms with Gasteiger partial charge in [-0.2, -0.15) is 0 Å². The summed E-state index contributed by atoms with van der Waals surface area (Å²) in [6.45, 7) is 0.275. The summed E-state index contributed by atoms with van der Waals surface area (Å²) in [4.78, 5) is 0. The first kappa shape index (κ1) is 12.6.